The Hall–Kier alpha value is -2.03. The lowest BCUT2D eigenvalue weighted by molar-refractivity contribution is 0.101. The summed E-state index contributed by atoms with van der Waals surface area (Å²) in [6, 6.07) is 10.9. The monoisotopic (exact) mass is 452 g/mol. The van der Waals surface area contributed by atoms with E-state index in [1.165, 1.54) is 23.4 Å². The number of rotatable bonds is 7. The maximum Gasteiger partial charge on any atom is 0.256 e. The van der Waals surface area contributed by atoms with Crippen LogP contribution < -0.4 is 5.32 Å². The van der Waals surface area contributed by atoms with Crippen LogP contribution in [-0.4, -0.2) is 37.5 Å². The van der Waals surface area contributed by atoms with Gasteiger partial charge >= 0.3 is 0 Å². The number of carbonyl (C=O) groups is 2. The summed E-state index contributed by atoms with van der Waals surface area (Å²) in [4.78, 5) is 24.0. The summed E-state index contributed by atoms with van der Waals surface area (Å²) in [5, 5.41) is 2.71. The molecule has 0 bridgehead atoms. The SMILES string of the molecule is CCN(CC)S(=O)(=O)c1ccc(Br)c(C(=O)Nc2ccc(C(C)=O)cc2)c1. The molecule has 27 heavy (non-hydrogen) atoms. The predicted molar refractivity (Wildman–Crippen MR) is 109 cm³/mol. The van der Waals surface area contributed by atoms with Gasteiger partial charge in [0.15, 0.2) is 5.78 Å². The zero-order valence-corrected chi connectivity index (χ0v) is 17.7. The lowest BCUT2D eigenvalue weighted by atomic mass is 10.1. The Morgan fingerprint density at radius 3 is 2.15 bits per heavy atom. The molecule has 1 amide bonds. The first-order chi connectivity index (χ1) is 12.7. The van der Waals surface area contributed by atoms with E-state index in [0.717, 1.165) is 0 Å². The summed E-state index contributed by atoms with van der Waals surface area (Å²) < 4.78 is 27.2. The Morgan fingerprint density at radius 1 is 1.04 bits per heavy atom. The molecule has 0 aliphatic heterocycles. The van der Waals surface area contributed by atoms with Gasteiger partial charge in [-0.2, -0.15) is 4.31 Å². The summed E-state index contributed by atoms with van der Waals surface area (Å²) in [5.74, 6) is -0.515. The smallest absolute Gasteiger partial charge is 0.256 e. The second kappa shape index (κ2) is 8.77. The summed E-state index contributed by atoms with van der Waals surface area (Å²) in [6.45, 7) is 5.68. The van der Waals surface area contributed by atoms with Crippen LogP contribution in [0.2, 0.25) is 0 Å². The Morgan fingerprint density at radius 2 is 1.63 bits per heavy atom. The molecule has 0 aliphatic rings. The van der Waals surface area contributed by atoms with Crippen LogP contribution in [-0.2, 0) is 10.0 Å². The molecule has 0 aromatic heterocycles. The molecule has 8 heteroatoms. The van der Waals surface area contributed by atoms with E-state index in [9.17, 15) is 18.0 Å². The van der Waals surface area contributed by atoms with Crippen LogP contribution in [0.25, 0.3) is 0 Å². The summed E-state index contributed by atoms with van der Waals surface area (Å²) in [5.41, 5.74) is 1.26. The van der Waals surface area contributed by atoms with Crippen LogP contribution in [0.1, 0.15) is 41.5 Å². The average Bonchev–Trinajstić information content (AvgIpc) is 2.63. The molecule has 1 N–H and O–H groups in total. The van der Waals surface area contributed by atoms with Crippen molar-refractivity contribution in [1.29, 1.82) is 0 Å². The molecule has 0 atom stereocenters. The number of nitrogens with zero attached hydrogens (tertiary/aromatic N) is 1. The van der Waals surface area contributed by atoms with Crippen molar-refractivity contribution >= 4 is 43.3 Å². The van der Waals surface area contributed by atoms with Crippen molar-refractivity contribution in [3.8, 4) is 0 Å². The first kappa shape index (κ1) is 21.3. The molecular weight excluding hydrogens is 432 g/mol. The fourth-order valence-electron chi connectivity index (χ4n) is 2.54. The number of hydrogen-bond donors (Lipinski definition) is 1. The molecular formula is C19H21BrN2O4S. The highest BCUT2D eigenvalue weighted by Crippen LogP contribution is 2.24. The molecule has 144 valence electrons. The van der Waals surface area contributed by atoms with Gasteiger partial charge in [0.05, 0.1) is 10.5 Å². The van der Waals surface area contributed by atoms with Crippen molar-refractivity contribution in [2.24, 2.45) is 0 Å². The van der Waals surface area contributed by atoms with Gasteiger partial charge in [0.2, 0.25) is 10.0 Å². The molecule has 0 saturated carbocycles. The minimum Gasteiger partial charge on any atom is -0.322 e. The zero-order chi connectivity index (χ0) is 20.2. The second-order valence-electron chi connectivity index (χ2n) is 5.82. The van der Waals surface area contributed by atoms with Crippen LogP contribution in [0.4, 0.5) is 5.69 Å². The molecule has 0 radical (unpaired) electrons. The van der Waals surface area contributed by atoms with Gasteiger partial charge in [-0.15, -0.1) is 0 Å². The number of Topliss-reactive ketones (excluding diaryl/α,β-unsaturated/α-hetero) is 1. The van der Waals surface area contributed by atoms with Crippen LogP contribution >= 0.6 is 15.9 Å². The van der Waals surface area contributed by atoms with Gasteiger partial charge in [0, 0.05) is 28.8 Å². The summed E-state index contributed by atoms with van der Waals surface area (Å²) >= 11 is 3.30. The number of hydrogen-bond acceptors (Lipinski definition) is 4. The van der Waals surface area contributed by atoms with Gasteiger partial charge in [0.1, 0.15) is 0 Å². The van der Waals surface area contributed by atoms with Gasteiger partial charge in [-0.05, 0) is 65.3 Å². The van der Waals surface area contributed by atoms with Gasteiger partial charge in [0.25, 0.3) is 5.91 Å². The molecule has 0 heterocycles. The van der Waals surface area contributed by atoms with Crippen molar-refractivity contribution < 1.29 is 18.0 Å². The van der Waals surface area contributed by atoms with E-state index >= 15 is 0 Å². The van der Waals surface area contributed by atoms with E-state index in [4.69, 9.17) is 0 Å². The predicted octanol–water partition coefficient (Wildman–Crippen LogP) is 3.93. The first-order valence-corrected chi connectivity index (χ1v) is 10.7. The van der Waals surface area contributed by atoms with Gasteiger partial charge in [-0.3, -0.25) is 9.59 Å². The third-order valence-electron chi connectivity index (χ3n) is 4.07. The van der Waals surface area contributed by atoms with E-state index in [1.54, 1.807) is 44.2 Å². The maximum absolute atomic E-state index is 12.7. The third-order valence-corrected chi connectivity index (χ3v) is 6.81. The summed E-state index contributed by atoms with van der Waals surface area (Å²) in [7, 11) is -3.67. The molecule has 2 rings (SSSR count). The minimum atomic E-state index is -3.67. The van der Waals surface area contributed by atoms with Crippen LogP contribution in [0.3, 0.4) is 0 Å². The van der Waals surface area contributed by atoms with Crippen molar-refractivity contribution in [3.63, 3.8) is 0 Å². The first-order valence-electron chi connectivity index (χ1n) is 8.42. The van der Waals surface area contributed by atoms with Crippen molar-refractivity contribution in [2.45, 2.75) is 25.7 Å². The molecule has 0 fully saturated rings. The zero-order valence-electron chi connectivity index (χ0n) is 15.3. The normalized spacial score (nSPS) is 11.4. The van der Waals surface area contributed by atoms with E-state index in [0.29, 0.717) is 28.8 Å². The Balaban J connectivity index is 2.32. The van der Waals surface area contributed by atoms with Crippen LogP contribution in [0, 0.1) is 0 Å². The third kappa shape index (κ3) is 4.82. The van der Waals surface area contributed by atoms with Crippen LogP contribution in [0.5, 0.6) is 0 Å². The molecule has 0 spiro atoms. The molecule has 2 aromatic carbocycles. The van der Waals surface area contributed by atoms with Crippen molar-refractivity contribution in [3.05, 3.63) is 58.1 Å². The van der Waals surface area contributed by atoms with Gasteiger partial charge in [-0.1, -0.05) is 13.8 Å². The number of nitrogens with one attached hydrogen (secondary N) is 1. The van der Waals surface area contributed by atoms with Gasteiger partial charge in [-0.25, -0.2) is 8.42 Å². The fraction of sp³-hybridized carbons (Fsp3) is 0.263. The van der Waals surface area contributed by atoms with E-state index in [-0.39, 0.29) is 16.2 Å². The molecule has 0 aliphatic carbocycles. The van der Waals surface area contributed by atoms with Crippen molar-refractivity contribution in [1.82, 2.24) is 4.31 Å². The highest BCUT2D eigenvalue weighted by Gasteiger charge is 2.23. The number of anilines is 1. The number of sulfonamides is 1. The fourth-order valence-corrected chi connectivity index (χ4v) is 4.45. The number of carbonyl (C=O) groups excluding carboxylic acids is 2. The Bertz CT molecular complexity index is 952. The summed E-state index contributed by atoms with van der Waals surface area (Å²) in [6.07, 6.45) is 0. The highest BCUT2D eigenvalue weighted by molar-refractivity contribution is 9.10. The number of ketones is 1. The lowest BCUT2D eigenvalue weighted by Gasteiger charge is -2.19. The van der Waals surface area contributed by atoms with E-state index in [1.807, 2.05) is 0 Å². The highest BCUT2D eigenvalue weighted by atomic mass is 79.9. The number of benzene rings is 2. The number of amides is 1. The molecule has 2 aromatic rings. The van der Waals surface area contributed by atoms with Crippen molar-refractivity contribution in [2.75, 3.05) is 18.4 Å². The quantitative estimate of drug-likeness (QED) is 0.644. The maximum atomic E-state index is 12.7. The molecule has 6 nitrogen and oxygen atoms in total. The Labute approximate surface area is 167 Å². The van der Waals surface area contributed by atoms with E-state index in [2.05, 4.69) is 21.2 Å². The van der Waals surface area contributed by atoms with Crippen LogP contribution in [0.15, 0.2) is 51.8 Å². The second-order valence-corrected chi connectivity index (χ2v) is 8.61. The molecule has 0 unspecified atom stereocenters. The molecule has 0 saturated heterocycles. The van der Waals surface area contributed by atoms with E-state index < -0.39 is 15.9 Å². The minimum absolute atomic E-state index is 0.0616. The van der Waals surface area contributed by atoms with Gasteiger partial charge < -0.3 is 5.32 Å². The Kier molecular flexibility index (Phi) is 6.91. The number of halogens is 1. The standard InChI is InChI=1S/C19H21BrN2O4S/c1-4-22(5-2)27(25,26)16-10-11-18(20)17(12-16)19(24)21-15-8-6-14(7-9-15)13(3)23/h6-12H,4-5H2,1-3H3,(H,21,24). The average molecular weight is 453 g/mol. The lowest BCUT2D eigenvalue weighted by Crippen LogP contribution is -2.30. The largest absolute Gasteiger partial charge is 0.322 e. The topological polar surface area (TPSA) is 83.6 Å².